The fraction of sp³-hybridized carbons (Fsp3) is 0.545. The largest absolute Gasteiger partial charge is 0.444 e. The van der Waals surface area contributed by atoms with Crippen LogP contribution in [-0.2, 0) is 24.1 Å². The van der Waals surface area contributed by atoms with Gasteiger partial charge < -0.3 is 9.47 Å². The molecule has 0 radical (unpaired) electrons. The second kappa shape index (κ2) is 10.5. The van der Waals surface area contributed by atoms with E-state index >= 15 is 0 Å². The Bertz CT molecular complexity index is 1030. The van der Waals surface area contributed by atoms with Gasteiger partial charge in [-0.15, -0.1) is 0 Å². The Morgan fingerprint density at radius 1 is 1.27 bits per heavy atom. The number of morpholine rings is 1. The first-order valence-corrected chi connectivity index (χ1v) is 12.5. The molecule has 0 spiro atoms. The fourth-order valence-corrected chi connectivity index (χ4v) is 4.60. The SMILES string of the molecule is C[C@@](C[C@H]1CN(c2ccc(C#CCCN3CCOCC3)cc2)C(=O)O1)(C(=O)NO)S(C)(=O)=O. The van der Waals surface area contributed by atoms with E-state index in [0.717, 1.165) is 51.1 Å². The number of cyclic esters (lactones) is 1. The van der Waals surface area contributed by atoms with Gasteiger partial charge in [0.05, 0.1) is 19.8 Å². The van der Waals surface area contributed by atoms with E-state index in [1.807, 2.05) is 0 Å². The molecule has 0 bridgehead atoms. The van der Waals surface area contributed by atoms with E-state index in [9.17, 15) is 18.0 Å². The van der Waals surface area contributed by atoms with E-state index in [4.69, 9.17) is 14.7 Å². The number of benzene rings is 1. The lowest BCUT2D eigenvalue weighted by Crippen LogP contribution is -2.51. The predicted octanol–water partition coefficient (Wildman–Crippen LogP) is 0.784. The van der Waals surface area contributed by atoms with Crippen molar-refractivity contribution in [3.05, 3.63) is 29.8 Å². The third-order valence-corrected chi connectivity index (χ3v) is 7.95. The maximum absolute atomic E-state index is 12.4. The minimum Gasteiger partial charge on any atom is -0.444 e. The Balaban J connectivity index is 1.60. The number of sulfone groups is 1. The molecule has 2 fully saturated rings. The van der Waals surface area contributed by atoms with Gasteiger partial charge in [0, 0.05) is 50.0 Å². The summed E-state index contributed by atoms with van der Waals surface area (Å²) in [5.41, 5.74) is 2.78. The molecule has 2 atom stereocenters. The Labute approximate surface area is 193 Å². The molecule has 2 amide bonds. The van der Waals surface area contributed by atoms with Gasteiger partial charge >= 0.3 is 6.09 Å². The van der Waals surface area contributed by atoms with Crippen molar-refractivity contribution in [2.75, 3.05) is 50.5 Å². The summed E-state index contributed by atoms with van der Waals surface area (Å²) >= 11 is 0. The molecule has 0 aliphatic carbocycles. The van der Waals surface area contributed by atoms with E-state index in [-0.39, 0.29) is 13.0 Å². The Kier molecular flexibility index (Phi) is 7.97. The van der Waals surface area contributed by atoms with E-state index in [1.165, 1.54) is 17.3 Å². The summed E-state index contributed by atoms with van der Waals surface area (Å²) in [5, 5.41) is 8.96. The molecular formula is C22H29N3O7S. The van der Waals surface area contributed by atoms with E-state index in [1.54, 1.807) is 24.3 Å². The molecule has 1 aromatic carbocycles. The first kappa shape index (κ1) is 25.0. The van der Waals surface area contributed by atoms with Crippen molar-refractivity contribution in [3.8, 4) is 11.8 Å². The molecule has 2 aliphatic rings. The van der Waals surface area contributed by atoms with Crippen LogP contribution in [0.5, 0.6) is 0 Å². The van der Waals surface area contributed by atoms with Crippen LogP contribution in [-0.4, -0.2) is 87.0 Å². The summed E-state index contributed by atoms with van der Waals surface area (Å²) in [4.78, 5) is 28.1. The summed E-state index contributed by atoms with van der Waals surface area (Å²) in [6.07, 6.45) is -0.105. The molecule has 1 aromatic rings. The van der Waals surface area contributed by atoms with Crippen LogP contribution in [0.4, 0.5) is 10.5 Å². The number of hydrogen-bond donors (Lipinski definition) is 2. The van der Waals surface area contributed by atoms with Crippen molar-refractivity contribution in [2.24, 2.45) is 0 Å². The summed E-state index contributed by atoms with van der Waals surface area (Å²) in [5.74, 6) is 5.19. The number of nitrogens with zero attached hydrogens (tertiary/aromatic N) is 2. The number of hydrogen-bond acceptors (Lipinski definition) is 8. The van der Waals surface area contributed by atoms with Gasteiger partial charge in [0.2, 0.25) is 0 Å². The molecule has 11 heteroatoms. The first-order chi connectivity index (χ1) is 15.6. The van der Waals surface area contributed by atoms with Gasteiger partial charge in [0.25, 0.3) is 5.91 Å². The van der Waals surface area contributed by atoms with Crippen LogP contribution < -0.4 is 10.4 Å². The highest BCUT2D eigenvalue weighted by atomic mass is 32.2. The van der Waals surface area contributed by atoms with E-state index in [2.05, 4.69) is 16.7 Å². The van der Waals surface area contributed by atoms with Crippen LogP contribution in [0.25, 0.3) is 0 Å². The normalized spacial score (nSPS) is 21.0. The summed E-state index contributed by atoms with van der Waals surface area (Å²) in [7, 11) is -3.89. The van der Waals surface area contributed by atoms with E-state index < -0.39 is 32.7 Å². The van der Waals surface area contributed by atoms with Gasteiger partial charge in [-0.25, -0.2) is 18.7 Å². The second-order valence-corrected chi connectivity index (χ2v) is 10.8. The smallest absolute Gasteiger partial charge is 0.414 e. The predicted molar refractivity (Wildman–Crippen MR) is 121 cm³/mol. The molecule has 2 heterocycles. The minimum absolute atomic E-state index is 0.0766. The van der Waals surface area contributed by atoms with Gasteiger partial charge in [-0.2, -0.15) is 0 Å². The molecule has 2 N–H and O–H groups in total. The molecule has 33 heavy (non-hydrogen) atoms. The molecule has 10 nitrogen and oxygen atoms in total. The Morgan fingerprint density at radius 3 is 2.55 bits per heavy atom. The maximum atomic E-state index is 12.4. The zero-order valence-electron chi connectivity index (χ0n) is 18.7. The van der Waals surface area contributed by atoms with Crippen LogP contribution in [0, 0.1) is 11.8 Å². The van der Waals surface area contributed by atoms with Gasteiger partial charge in [0.15, 0.2) is 14.6 Å². The number of anilines is 1. The summed E-state index contributed by atoms with van der Waals surface area (Å²) < 4.78 is 33.0. The molecule has 2 saturated heterocycles. The average molecular weight is 480 g/mol. The second-order valence-electron chi connectivity index (χ2n) is 8.32. The van der Waals surface area contributed by atoms with Gasteiger partial charge in [-0.05, 0) is 31.2 Å². The molecule has 2 aliphatic heterocycles. The van der Waals surface area contributed by atoms with Gasteiger partial charge in [-0.3, -0.25) is 19.8 Å². The molecule has 0 unspecified atom stereocenters. The minimum atomic E-state index is -3.89. The zero-order valence-corrected chi connectivity index (χ0v) is 19.6. The molecule has 180 valence electrons. The lowest BCUT2D eigenvalue weighted by molar-refractivity contribution is -0.132. The average Bonchev–Trinajstić information content (AvgIpc) is 3.16. The molecular weight excluding hydrogens is 450 g/mol. The Hall–Kier alpha value is -2.65. The van der Waals surface area contributed by atoms with Crippen LogP contribution in [0.1, 0.15) is 25.3 Å². The highest BCUT2D eigenvalue weighted by molar-refractivity contribution is 7.92. The number of rotatable bonds is 7. The topological polar surface area (TPSA) is 125 Å². The van der Waals surface area contributed by atoms with Crippen molar-refractivity contribution < 1.29 is 32.7 Å². The van der Waals surface area contributed by atoms with Crippen molar-refractivity contribution >= 4 is 27.5 Å². The fourth-order valence-electron chi connectivity index (χ4n) is 3.73. The highest BCUT2D eigenvalue weighted by Gasteiger charge is 2.48. The number of hydroxylamine groups is 1. The summed E-state index contributed by atoms with van der Waals surface area (Å²) in [6.45, 7) is 5.54. The lowest BCUT2D eigenvalue weighted by Gasteiger charge is -2.26. The number of carbonyl (C=O) groups excluding carboxylic acids is 2. The monoisotopic (exact) mass is 479 g/mol. The number of ether oxygens (including phenoxy) is 2. The van der Waals surface area contributed by atoms with Crippen molar-refractivity contribution in [1.29, 1.82) is 0 Å². The third-order valence-electron chi connectivity index (χ3n) is 5.96. The van der Waals surface area contributed by atoms with Crippen LogP contribution in [0.3, 0.4) is 0 Å². The number of nitrogens with one attached hydrogen (secondary N) is 1. The molecule has 0 aromatic heterocycles. The Morgan fingerprint density at radius 2 is 1.94 bits per heavy atom. The first-order valence-electron chi connectivity index (χ1n) is 10.7. The third kappa shape index (κ3) is 6.03. The summed E-state index contributed by atoms with van der Waals surface area (Å²) in [6, 6.07) is 7.09. The van der Waals surface area contributed by atoms with E-state index in [0.29, 0.717) is 5.69 Å². The van der Waals surface area contributed by atoms with Crippen molar-refractivity contribution in [2.45, 2.75) is 30.6 Å². The quantitative estimate of drug-likeness (QED) is 0.334. The van der Waals surface area contributed by atoms with Crippen molar-refractivity contribution in [1.82, 2.24) is 10.4 Å². The number of carbonyl (C=O) groups is 2. The van der Waals surface area contributed by atoms with Crippen LogP contribution in [0.2, 0.25) is 0 Å². The van der Waals surface area contributed by atoms with Crippen molar-refractivity contribution in [3.63, 3.8) is 0 Å². The lowest BCUT2D eigenvalue weighted by atomic mass is 10.0. The zero-order chi connectivity index (χ0) is 24.1. The van der Waals surface area contributed by atoms with Gasteiger partial charge in [-0.1, -0.05) is 11.8 Å². The standard InChI is InChI=1S/C22H29N3O7S/c1-22(20(26)23-28,33(2,29)30)15-19-16-25(21(27)32-19)18-8-6-17(7-9-18)5-3-4-10-24-11-13-31-14-12-24/h6-9,19,28H,4,10-16H2,1-2H3,(H,23,26)/t19-,22+/m0/s1. The van der Waals surface area contributed by atoms with Crippen LogP contribution >= 0.6 is 0 Å². The van der Waals surface area contributed by atoms with Crippen LogP contribution in [0.15, 0.2) is 24.3 Å². The maximum Gasteiger partial charge on any atom is 0.414 e. The molecule has 3 rings (SSSR count). The highest BCUT2D eigenvalue weighted by Crippen LogP contribution is 2.30. The molecule has 0 saturated carbocycles. The van der Waals surface area contributed by atoms with Gasteiger partial charge in [0.1, 0.15) is 6.10 Å². The number of amides is 2.